The van der Waals surface area contributed by atoms with E-state index >= 15 is 0 Å². The molecule has 0 aliphatic carbocycles. The first-order valence-corrected chi connectivity index (χ1v) is 4.86. The van der Waals surface area contributed by atoms with E-state index in [1.54, 1.807) is 0 Å². The molecule has 3 nitrogen and oxygen atoms in total. The molecule has 1 aromatic rings. The van der Waals surface area contributed by atoms with Gasteiger partial charge in [0.1, 0.15) is 0 Å². The monoisotopic (exact) mass is 190 g/mol. The van der Waals surface area contributed by atoms with Crippen molar-refractivity contribution in [3.63, 3.8) is 0 Å². The summed E-state index contributed by atoms with van der Waals surface area (Å²) in [5.74, 6) is 0.0807. The van der Waals surface area contributed by atoms with Crippen LogP contribution in [0.4, 0.5) is 0 Å². The summed E-state index contributed by atoms with van der Waals surface area (Å²) in [4.78, 5) is 11.2. The highest BCUT2D eigenvalue weighted by Crippen LogP contribution is 2.14. The Labute approximate surface area is 83.5 Å². The largest absolute Gasteiger partial charge is 0.353 e. The standard InChI is InChI=1S/C11H14N2O/c1-8-11(14)12-7-10(13-8)9-5-3-2-4-6-9/h2-6,8,10,13H,7H2,1H3,(H,12,14)/t8-,10+/m0/s1. The van der Waals surface area contributed by atoms with Crippen LogP contribution < -0.4 is 10.6 Å². The van der Waals surface area contributed by atoms with Gasteiger partial charge in [-0.15, -0.1) is 0 Å². The van der Waals surface area contributed by atoms with Gasteiger partial charge in [-0.1, -0.05) is 30.3 Å². The lowest BCUT2D eigenvalue weighted by atomic mass is 10.0. The van der Waals surface area contributed by atoms with Gasteiger partial charge in [-0.2, -0.15) is 0 Å². The maximum atomic E-state index is 11.2. The number of nitrogens with one attached hydrogen (secondary N) is 2. The van der Waals surface area contributed by atoms with E-state index in [0.717, 1.165) is 0 Å². The molecule has 1 aliphatic heterocycles. The van der Waals surface area contributed by atoms with Crippen LogP contribution in [0.25, 0.3) is 0 Å². The Morgan fingerprint density at radius 2 is 2.00 bits per heavy atom. The van der Waals surface area contributed by atoms with Crippen LogP contribution in [-0.2, 0) is 4.79 Å². The molecule has 2 N–H and O–H groups in total. The number of benzene rings is 1. The summed E-state index contributed by atoms with van der Waals surface area (Å²) < 4.78 is 0. The predicted octanol–water partition coefficient (Wildman–Crippen LogP) is 0.836. The van der Waals surface area contributed by atoms with Gasteiger partial charge in [-0.3, -0.25) is 10.1 Å². The van der Waals surface area contributed by atoms with E-state index in [1.165, 1.54) is 5.56 Å². The summed E-state index contributed by atoms with van der Waals surface area (Å²) in [6, 6.07) is 10.3. The molecule has 3 heteroatoms. The first-order chi connectivity index (χ1) is 6.77. The van der Waals surface area contributed by atoms with Gasteiger partial charge in [0, 0.05) is 6.54 Å². The Morgan fingerprint density at radius 3 is 2.64 bits per heavy atom. The third kappa shape index (κ3) is 1.77. The fourth-order valence-corrected chi connectivity index (χ4v) is 1.69. The number of piperazine rings is 1. The van der Waals surface area contributed by atoms with E-state index in [0.29, 0.717) is 6.54 Å². The van der Waals surface area contributed by atoms with Crippen molar-refractivity contribution in [1.82, 2.24) is 10.6 Å². The number of hydrogen-bond acceptors (Lipinski definition) is 2. The molecule has 14 heavy (non-hydrogen) atoms. The van der Waals surface area contributed by atoms with E-state index in [1.807, 2.05) is 25.1 Å². The third-order valence-corrected chi connectivity index (χ3v) is 2.53. The van der Waals surface area contributed by atoms with E-state index in [-0.39, 0.29) is 18.0 Å². The lowest BCUT2D eigenvalue weighted by Crippen LogP contribution is -2.52. The molecule has 1 saturated heterocycles. The fraction of sp³-hybridized carbons (Fsp3) is 0.364. The minimum Gasteiger partial charge on any atom is -0.353 e. The number of carbonyl (C=O) groups is 1. The van der Waals surface area contributed by atoms with Crippen molar-refractivity contribution >= 4 is 5.91 Å². The van der Waals surface area contributed by atoms with Crippen LogP contribution >= 0.6 is 0 Å². The van der Waals surface area contributed by atoms with Crippen LogP contribution in [0.15, 0.2) is 30.3 Å². The molecule has 0 spiro atoms. The molecule has 74 valence electrons. The Kier molecular flexibility index (Phi) is 2.50. The van der Waals surface area contributed by atoms with Gasteiger partial charge in [0.25, 0.3) is 0 Å². The number of hydrogen-bond donors (Lipinski definition) is 2. The molecule has 0 aromatic heterocycles. The Balaban J connectivity index is 2.11. The maximum absolute atomic E-state index is 11.2. The highest BCUT2D eigenvalue weighted by atomic mass is 16.2. The fourth-order valence-electron chi connectivity index (χ4n) is 1.69. The highest BCUT2D eigenvalue weighted by molar-refractivity contribution is 5.82. The van der Waals surface area contributed by atoms with Crippen molar-refractivity contribution in [1.29, 1.82) is 0 Å². The molecule has 1 aliphatic rings. The third-order valence-electron chi connectivity index (χ3n) is 2.53. The molecular formula is C11H14N2O. The zero-order valence-electron chi connectivity index (χ0n) is 8.16. The molecule has 0 bridgehead atoms. The number of carbonyl (C=O) groups excluding carboxylic acids is 1. The van der Waals surface area contributed by atoms with Crippen LogP contribution in [-0.4, -0.2) is 18.5 Å². The van der Waals surface area contributed by atoms with Crippen LogP contribution in [0.3, 0.4) is 0 Å². The van der Waals surface area contributed by atoms with Crippen LogP contribution in [0.1, 0.15) is 18.5 Å². The zero-order valence-corrected chi connectivity index (χ0v) is 8.16. The molecular weight excluding hydrogens is 176 g/mol. The molecule has 0 unspecified atom stereocenters. The van der Waals surface area contributed by atoms with Crippen LogP contribution in [0.2, 0.25) is 0 Å². The summed E-state index contributed by atoms with van der Waals surface area (Å²) in [5, 5.41) is 6.15. The summed E-state index contributed by atoms with van der Waals surface area (Å²) in [7, 11) is 0. The normalized spacial score (nSPS) is 27.1. The van der Waals surface area contributed by atoms with E-state index < -0.39 is 0 Å². The lowest BCUT2D eigenvalue weighted by Gasteiger charge is -2.29. The number of rotatable bonds is 1. The molecule has 2 atom stereocenters. The first-order valence-electron chi connectivity index (χ1n) is 4.86. The summed E-state index contributed by atoms with van der Waals surface area (Å²) in [6.07, 6.45) is 0. The summed E-state index contributed by atoms with van der Waals surface area (Å²) in [6.45, 7) is 2.55. The van der Waals surface area contributed by atoms with Crippen molar-refractivity contribution in [2.45, 2.75) is 19.0 Å². The molecule has 0 saturated carbocycles. The lowest BCUT2D eigenvalue weighted by molar-refractivity contribution is -0.124. The highest BCUT2D eigenvalue weighted by Gasteiger charge is 2.24. The average Bonchev–Trinajstić information content (AvgIpc) is 2.23. The quantitative estimate of drug-likeness (QED) is 0.689. The van der Waals surface area contributed by atoms with E-state index in [9.17, 15) is 4.79 Å². The Bertz CT molecular complexity index is 323. The minimum absolute atomic E-state index is 0.0807. The first kappa shape index (κ1) is 9.21. The van der Waals surface area contributed by atoms with Crippen molar-refractivity contribution in [2.24, 2.45) is 0 Å². The average molecular weight is 190 g/mol. The topological polar surface area (TPSA) is 41.1 Å². The summed E-state index contributed by atoms with van der Waals surface area (Å²) >= 11 is 0. The van der Waals surface area contributed by atoms with Crippen molar-refractivity contribution in [2.75, 3.05) is 6.54 Å². The predicted molar refractivity (Wildman–Crippen MR) is 54.8 cm³/mol. The van der Waals surface area contributed by atoms with E-state index in [2.05, 4.69) is 22.8 Å². The second kappa shape index (κ2) is 3.80. The van der Waals surface area contributed by atoms with Gasteiger partial charge in [0.2, 0.25) is 5.91 Å². The Morgan fingerprint density at radius 1 is 1.29 bits per heavy atom. The molecule has 0 radical (unpaired) electrons. The van der Waals surface area contributed by atoms with Crippen molar-refractivity contribution < 1.29 is 4.79 Å². The van der Waals surface area contributed by atoms with Gasteiger partial charge in [0.15, 0.2) is 0 Å². The van der Waals surface area contributed by atoms with Gasteiger partial charge < -0.3 is 5.32 Å². The SMILES string of the molecule is C[C@@H]1N[C@@H](c2ccccc2)CNC1=O. The molecule has 2 rings (SSSR count). The van der Waals surface area contributed by atoms with Gasteiger partial charge >= 0.3 is 0 Å². The van der Waals surface area contributed by atoms with Crippen LogP contribution in [0, 0.1) is 0 Å². The van der Waals surface area contributed by atoms with Crippen molar-refractivity contribution in [3.8, 4) is 0 Å². The second-order valence-corrected chi connectivity index (χ2v) is 3.60. The Hall–Kier alpha value is -1.35. The zero-order chi connectivity index (χ0) is 9.97. The molecule has 1 amide bonds. The van der Waals surface area contributed by atoms with Crippen LogP contribution in [0.5, 0.6) is 0 Å². The van der Waals surface area contributed by atoms with Crippen molar-refractivity contribution in [3.05, 3.63) is 35.9 Å². The molecule has 1 fully saturated rings. The number of amides is 1. The van der Waals surface area contributed by atoms with Gasteiger partial charge in [0.05, 0.1) is 12.1 Å². The summed E-state index contributed by atoms with van der Waals surface area (Å²) in [5.41, 5.74) is 1.22. The second-order valence-electron chi connectivity index (χ2n) is 3.60. The van der Waals surface area contributed by atoms with Gasteiger partial charge in [-0.05, 0) is 12.5 Å². The minimum atomic E-state index is -0.103. The molecule has 1 aromatic carbocycles. The smallest absolute Gasteiger partial charge is 0.236 e. The molecule has 1 heterocycles. The van der Waals surface area contributed by atoms with E-state index in [4.69, 9.17) is 0 Å². The maximum Gasteiger partial charge on any atom is 0.236 e. The van der Waals surface area contributed by atoms with Gasteiger partial charge in [-0.25, -0.2) is 0 Å².